The molecule has 0 atom stereocenters. The van der Waals surface area contributed by atoms with Crippen LogP contribution >= 0.6 is 0 Å². The van der Waals surface area contributed by atoms with Gasteiger partial charge in [-0.1, -0.05) is 78.4 Å². The molecular formula is C21H21S+. The molecule has 3 rings (SSSR count). The van der Waals surface area contributed by atoms with E-state index < -0.39 is 0 Å². The molecule has 0 fully saturated rings. The van der Waals surface area contributed by atoms with Gasteiger partial charge in [0, 0.05) is 22.0 Å². The quantitative estimate of drug-likeness (QED) is 0.556. The Morgan fingerprint density at radius 3 is 1.50 bits per heavy atom. The molecule has 0 radical (unpaired) electrons. The van der Waals surface area contributed by atoms with Crippen molar-refractivity contribution in [3.05, 3.63) is 102 Å². The van der Waals surface area contributed by atoms with Crippen LogP contribution in [0.25, 0.3) is 0 Å². The number of hydrogen-bond acceptors (Lipinski definition) is 0. The predicted molar refractivity (Wildman–Crippen MR) is 97.1 cm³/mol. The molecule has 0 aliphatic carbocycles. The minimum Gasteiger partial charge on any atom is -0.0622 e. The Hall–Kier alpha value is -1.99. The summed E-state index contributed by atoms with van der Waals surface area (Å²) in [5.41, 5.74) is 4.16. The molecule has 1 heteroatoms. The molecule has 0 saturated heterocycles. The van der Waals surface area contributed by atoms with E-state index >= 15 is 0 Å². The summed E-state index contributed by atoms with van der Waals surface area (Å²) in [4.78, 5) is 1.46. The monoisotopic (exact) mass is 305 g/mol. The zero-order chi connectivity index (χ0) is 15.2. The average molecular weight is 305 g/mol. The second-order valence-corrected chi connectivity index (χ2v) is 7.60. The maximum atomic E-state index is 2.30. The molecular weight excluding hydrogens is 284 g/mol. The zero-order valence-electron chi connectivity index (χ0n) is 12.9. The lowest BCUT2D eigenvalue weighted by Crippen LogP contribution is -2.09. The maximum absolute atomic E-state index is 2.30. The summed E-state index contributed by atoms with van der Waals surface area (Å²) in [6.45, 7) is 2.15. The molecule has 3 aromatic rings. The van der Waals surface area contributed by atoms with E-state index in [9.17, 15) is 0 Å². The van der Waals surface area contributed by atoms with Crippen molar-refractivity contribution in [1.29, 1.82) is 0 Å². The highest BCUT2D eigenvalue weighted by molar-refractivity contribution is 7.95. The lowest BCUT2D eigenvalue weighted by atomic mass is 10.2. The van der Waals surface area contributed by atoms with E-state index in [1.165, 1.54) is 21.6 Å². The topological polar surface area (TPSA) is 0 Å². The lowest BCUT2D eigenvalue weighted by Gasteiger charge is -2.09. The smallest absolute Gasteiger partial charge is 0.0622 e. The molecule has 0 nitrogen and oxygen atoms in total. The Balaban J connectivity index is 1.86. The average Bonchev–Trinajstić information content (AvgIpc) is 2.57. The lowest BCUT2D eigenvalue weighted by molar-refractivity contribution is 1.28. The van der Waals surface area contributed by atoms with Crippen LogP contribution in [0, 0.1) is 6.92 Å². The second kappa shape index (κ2) is 7.33. The molecule has 110 valence electrons. The minimum absolute atomic E-state index is 0.202. The van der Waals surface area contributed by atoms with Crippen molar-refractivity contribution in [3.8, 4) is 0 Å². The summed E-state index contributed by atoms with van der Waals surface area (Å²) in [5, 5.41) is 0. The van der Waals surface area contributed by atoms with Crippen LogP contribution in [0.15, 0.2) is 89.8 Å². The first-order valence-corrected chi connectivity index (χ1v) is 9.19. The van der Waals surface area contributed by atoms with Gasteiger partial charge in [0.2, 0.25) is 0 Å². The third kappa shape index (κ3) is 4.02. The minimum atomic E-state index is 0.202. The molecule has 0 aromatic heterocycles. The van der Waals surface area contributed by atoms with Crippen molar-refractivity contribution in [2.45, 2.75) is 23.3 Å². The fourth-order valence-electron chi connectivity index (χ4n) is 2.50. The molecule has 22 heavy (non-hydrogen) atoms. The predicted octanol–water partition coefficient (Wildman–Crippen LogP) is 5.37. The Bertz CT molecular complexity index is 645. The van der Waals surface area contributed by atoms with E-state index in [4.69, 9.17) is 0 Å². The van der Waals surface area contributed by atoms with Crippen LogP contribution < -0.4 is 0 Å². The van der Waals surface area contributed by atoms with Crippen LogP contribution in [0.1, 0.15) is 16.7 Å². The summed E-state index contributed by atoms with van der Waals surface area (Å²) in [6, 6.07) is 30.7. The molecule has 0 heterocycles. The van der Waals surface area contributed by atoms with E-state index in [2.05, 4.69) is 91.9 Å². The number of benzene rings is 3. The first-order valence-electron chi connectivity index (χ1n) is 7.63. The van der Waals surface area contributed by atoms with Gasteiger partial charge in [0.05, 0.1) is 0 Å². The maximum Gasteiger partial charge on any atom is 0.155 e. The van der Waals surface area contributed by atoms with Crippen molar-refractivity contribution < 1.29 is 0 Å². The van der Waals surface area contributed by atoms with Gasteiger partial charge in [0.15, 0.2) is 4.90 Å². The van der Waals surface area contributed by atoms with Crippen LogP contribution in [0.4, 0.5) is 0 Å². The number of aryl methyl sites for hydroxylation is 1. The normalized spacial score (nSPS) is 10.8. The van der Waals surface area contributed by atoms with Crippen LogP contribution in [0.2, 0.25) is 0 Å². The summed E-state index contributed by atoms with van der Waals surface area (Å²) < 4.78 is 0. The molecule has 0 N–H and O–H groups in total. The van der Waals surface area contributed by atoms with Crippen LogP contribution in [-0.4, -0.2) is 0 Å². The Kier molecular flexibility index (Phi) is 4.97. The first kappa shape index (κ1) is 14.9. The van der Waals surface area contributed by atoms with E-state index in [0.29, 0.717) is 0 Å². The number of hydrogen-bond donors (Lipinski definition) is 0. The van der Waals surface area contributed by atoms with Crippen LogP contribution in [-0.2, 0) is 22.4 Å². The van der Waals surface area contributed by atoms with E-state index in [0.717, 1.165) is 11.5 Å². The van der Waals surface area contributed by atoms with Gasteiger partial charge >= 0.3 is 0 Å². The molecule has 0 bridgehead atoms. The summed E-state index contributed by atoms with van der Waals surface area (Å²) in [7, 11) is 0.202. The van der Waals surface area contributed by atoms with Crippen molar-refractivity contribution in [1.82, 2.24) is 0 Å². The van der Waals surface area contributed by atoms with Gasteiger partial charge in [0.1, 0.15) is 11.5 Å². The van der Waals surface area contributed by atoms with Crippen molar-refractivity contribution in [2.75, 3.05) is 0 Å². The Morgan fingerprint density at radius 1 is 0.591 bits per heavy atom. The van der Waals surface area contributed by atoms with Crippen molar-refractivity contribution in [3.63, 3.8) is 0 Å². The first-order chi connectivity index (χ1) is 10.8. The van der Waals surface area contributed by atoms with Gasteiger partial charge in [-0.05, 0) is 19.1 Å². The molecule has 0 saturated carbocycles. The molecule has 0 aliphatic rings. The summed E-state index contributed by atoms with van der Waals surface area (Å²) in [6.07, 6.45) is 0. The Labute approximate surface area is 136 Å². The third-order valence-electron chi connectivity index (χ3n) is 3.72. The van der Waals surface area contributed by atoms with Crippen molar-refractivity contribution >= 4 is 10.9 Å². The van der Waals surface area contributed by atoms with Crippen LogP contribution in [0.5, 0.6) is 0 Å². The third-order valence-corrected chi connectivity index (χ3v) is 6.02. The fraction of sp³-hybridized carbons (Fsp3) is 0.143. The molecule has 3 aromatic carbocycles. The van der Waals surface area contributed by atoms with E-state index in [1.54, 1.807) is 0 Å². The molecule has 0 spiro atoms. The highest BCUT2D eigenvalue weighted by Crippen LogP contribution is 2.23. The van der Waals surface area contributed by atoms with E-state index in [1.807, 2.05) is 0 Å². The van der Waals surface area contributed by atoms with Gasteiger partial charge < -0.3 is 0 Å². The van der Waals surface area contributed by atoms with Gasteiger partial charge in [-0.3, -0.25) is 0 Å². The SMILES string of the molecule is Cc1ccc([S+](Cc2ccccc2)Cc2ccccc2)cc1. The highest BCUT2D eigenvalue weighted by Gasteiger charge is 2.22. The highest BCUT2D eigenvalue weighted by atomic mass is 32.2. The largest absolute Gasteiger partial charge is 0.155 e. The summed E-state index contributed by atoms with van der Waals surface area (Å²) >= 11 is 0. The summed E-state index contributed by atoms with van der Waals surface area (Å²) in [5.74, 6) is 2.22. The standard InChI is InChI=1S/C21H21S/c1-18-12-14-21(15-13-18)22(16-19-8-4-2-5-9-19)17-20-10-6-3-7-11-20/h2-15H,16-17H2,1H3/q+1. The molecule has 0 unspecified atom stereocenters. The molecule has 0 aliphatic heterocycles. The second-order valence-electron chi connectivity index (χ2n) is 5.57. The molecule has 0 amide bonds. The van der Waals surface area contributed by atoms with Crippen molar-refractivity contribution in [2.24, 2.45) is 0 Å². The van der Waals surface area contributed by atoms with Gasteiger partial charge in [-0.2, -0.15) is 0 Å². The Morgan fingerprint density at radius 2 is 1.05 bits per heavy atom. The van der Waals surface area contributed by atoms with E-state index in [-0.39, 0.29) is 10.9 Å². The fourth-order valence-corrected chi connectivity index (χ4v) is 4.65. The number of rotatable bonds is 5. The van der Waals surface area contributed by atoms with Gasteiger partial charge in [-0.15, -0.1) is 0 Å². The van der Waals surface area contributed by atoms with Crippen LogP contribution in [0.3, 0.4) is 0 Å². The van der Waals surface area contributed by atoms with Gasteiger partial charge in [0.25, 0.3) is 0 Å². The zero-order valence-corrected chi connectivity index (χ0v) is 13.7. The van der Waals surface area contributed by atoms with Gasteiger partial charge in [-0.25, -0.2) is 0 Å².